The Balaban J connectivity index is 1.16. The topological polar surface area (TPSA) is 202 Å². The van der Waals surface area contributed by atoms with E-state index in [1.54, 1.807) is 30.3 Å². The number of guanidine groups is 2. The molecule has 236 valence electrons. The van der Waals surface area contributed by atoms with Crippen molar-refractivity contribution in [2.45, 2.75) is 62.7 Å². The predicted molar refractivity (Wildman–Crippen MR) is 165 cm³/mol. The van der Waals surface area contributed by atoms with Crippen LogP contribution in [-0.2, 0) is 17.6 Å². The van der Waals surface area contributed by atoms with Gasteiger partial charge >= 0.3 is 6.03 Å². The minimum absolute atomic E-state index is 0.0279. The molecule has 2 fully saturated rings. The molecule has 2 aromatic rings. The zero-order valence-corrected chi connectivity index (χ0v) is 25.1. The molecule has 4 aliphatic heterocycles. The normalized spacial score (nSPS) is 29.4. The Labute approximate surface area is 259 Å². The number of rotatable bonds is 5. The number of aliphatic hydroxyl groups is 2. The van der Waals surface area contributed by atoms with Crippen LogP contribution in [0.4, 0.5) is 10.5 Å². The van der Waals surface area contributed by atoms with Crippen molar-refractivity contribution >= 4 is 35.5 Å². The van der Waals surface area contributed by atoms with Crippen LogP contribution >= 0.6 is 0 Å². The molecule has 4 atom stereocenters. The maximum atomic E-state index is 13.8. The molecule has 2 unspecified atom stereocenters. The summed E-state index contributed by atoms with van der Waals surface area (Å²) in [6.07, 6.45) is 2.59. The van der Waals surface area contributed by atoms with E-state index < -0.39 is 47.4 Å². The summed E-state index contributed by atoms with van der Waals surface area (Å²) in [7, 11) is 0. The van der Waals surface area contributed by atoms with Crippen molar-refractivity contribution in [3.05, 3.63) is 65.2 Å². The average molecular weight is 616 g/mol. The van der Waals surface area contributed by atoms with E-state index in [-0.39, 0.29) is 37.0 Å². The molecule has 2 aromatic carbocycles. The van der Waals surface area contributed by atoms with Crippen LogP contribution < -0.4 is 27.0 Å². The molecule has 0 bridgehead atoms. The van der Waals surface area contributed by atoms with E-state index in [4.69, 9.17) is 11.5 Å². The summed E-state index contributed by atoms with van der Waals surface area (Å²) in [5.74, 6) is -3.70. The van der Waals surface area contributed by atoms with Gasteiger partial charge in [0.2, 0.25) is 5.79 Å². The van der Waals surface area contributed by atoms with Gasteiger partial charge in [-0.3, -0.25) is 19.4 Å². The third-order valence-electron chi connectivity index (χ3n) is 9.84. The molecule has 4 amide bonds. The number of hydrogen-bond donors (Lipinski definition) is 6. The van der Waals surface area contributed by atoms with Crippen molar-refractivity contribution in [2.75, 3.05) is 24.5 Å². The third kappa shape index (κ3) is 4.34. The average Bonchev–Trinajstić information content (AvgIpc) is 3.57. The lowest BCUT2D eigenvalue weighted by atomic mass is 9.73. The number of para-hydroxylation sites is 1. The summed E-state index contributed by atoms with van der Waals surface area (Å²) >= 11 is 0. The largest absolute Gasteiger partial charge is 0.370 e. The monoisotopic (exact) mass is 615 g/mol. The molecule has 4 heterocycles. The van der Waals surface area contributed by atoms with E-state index in [2.05, 4.69) is 34.5 Å². The fraction of sp³-hybridized carbons (Fsp3) is 0.452. The smallest absolute Gasteiger partial charge is 0.331 e. The number of fused-ring (bicyclic) bond motifs is 1. The zero-order chi connectivity index (χ0) is 31.9. The third-order valence-corrected chi connectivity index (χ3v) is 9.84. The van der Waals surface area contributed by atoms with Crippen molar-refractivity contribution in [1.29, 1.82) is 0 Å². The van der Waals surface area contributed by atoms with E-state index >= 15 is 0 Å². The minimum atomic E-state index is -2.65. The highest BCUT2D eigenvalue weighted by Gasteiger charge is 2.73. The van der Waals surface area contributed by atoms with E-state index in [0.717, 1.165) is 35.3 Å². The molecule has 7 rings (SSSR count). The summed E-state index contributed by atoms with van der Waals surface area (Å²) < 4.78 is 0. The van der Waals surface area contributed by atoms with Gasteiger partial charge in [-0.1, -0.05) is 44.2 Å². The molecular weight excluding hydrogens is 578 g/mol. The number of nitrogens with two attached hydrogens (primary N) is 2. The minimum Gasteiger partial charge on any atom is -0.370 e. The molecule has 0 radical (unpaired) electrons. The summed E-state index contributed by atoms with van der Waals surface area (Å²) in [5.41, 5.74) is 13.9. The second kappa shape index (κ2) is 9.91. The van der Waals surface area contributed by atoms with E-state index in [9.17, 15) is 24.6 Å². The van der Waals surface area contributed by atoms with Crippen molar-refractivity contribution in [1.82, 2.24) is 20.4 Å². The van der Waals surface area contributed by atoms with Gasteiger partial charge in [-0.25, -0.2) is 14.8 Å². The Morgan fingerprint density at radius 2 is 1.84 bits per heavy atom. The summed E-state index contributed by atoms with van der Waals surface area (Å²) in [6, 6.07) is 10.6. The molecular formula is C31H37N9O5. The Bertz CT molecular complexity index is 1660. The lowest BCUT2D eigenvalue weighted by Gasteiger charge is -2.49. The molecule has 5 aliphatic rings. The van der Waals surface area contributed by atoms with Crippen LogP contribution in [0.5, 0.6) is 0 Å². The van der Waals surface area contributed by atoms with Crippen molar-refractivity contribution in [3.8, 4) is 0 Å². The zero-order valence-electron chi connectivity index (χ0n) is 25.1. The molecule has 0 aromatic heterocycles. The van der Waals surface area contributed by atoms with E-state index in [0.29, 0.717) is 11.3 Å². The van der Waals surface area contributed by atoms with E-state index in [1.165, 1.54) is 9.80 Å². The van der Waals surface area contributed by atoms with Gasteiger partial charge in [-0.2, -0.15) is 0 Å². The summed E-state index contributed by atoms with van der Waals surface area (Å²) in [6.45, 7) is 3.85. The molecule has 8 N–H and O–H groups in total. The Morgan fingerprint density at radius 1 is 1.09 bits per heavy atom. The van der Waals surface area contributed by atoms with Gasteiger partial charge < -0.3 is 37.2 Å². The molecule has 14 nitrogen and oxygen atoms in total. The molecule has 0 saturated carbocycles. The Hall–Kier alpha value is -4.69. The molecule has 1 aliphatic carbocycles. The number of aryl methyl sites for hydroxylation is 1. The molecule has 2 saturated heterocycles. The first-order valence-electron chi connectivity index (χ1n) is 15.1. The first kappa shape index (κ1) is 29.0. The summed E-state index contributed by atoms with van der Waals surface area (Å²) in [5, 5.41) is 29.5. The quantitative estimate of drug-likeness (QED) is 0.188. The van der Waals surface area contributed by atoms with Crippen LogP contribution in [0.3, 0.4) is 0 Å². The number of benzene rings is 2. The predicted octanol–water partition coefficient (Wildman–Crippen LogP) is -0.555. The lowest BCUT2D eigenvalue weighted by Crippen LogP contribution is -2.78. The lowest BCUT2D eigenvalue weighted by molar-refractivity contribution is -0.230. The van der Waals surface area contributed by atoms with Gasteiger partial charge in [-0.05, 0) is 54.0 Å². The van der Waals surface area contributed by atoms with Gasteiger partial charge in [0, 0.05) is 17.8 Å². The number of carbonyl (C=O) groups is 3. The Kier molecular flexibility index (Phi) is 6.39. The highest BCUT2D eigenvalue weighted by molar-refractivity contribution is 6.12. The first-order chi connectivity index (χ1) is 21.3. The van der Waals surface area contributed by atoms with Crippen LogP contribution in [0.15, 0.2) is 58.5 Å². The number of carbonyl (C=O) groups excluding carboxylic acids is 3. The number of hydrogen-bond acceptors (Lipinski definition) is 11. The molecule has 14 heteroatoms. The maximum Gasteiger partial charge on any atom is 0.331 e. The number of aliphatic imine (C=N–C) groups is 2. The summed E-state index contributed by atoms with van der Waals surface area (Å²) in [4.78, 5) is 53.0. The van der Waals surface area contributed by atoms with E-state index in [1.807, 2.05) is 18.2 Å². The van der Waals surface area contributed by atoms with Crippen molar-refractivity contribution in [3.63, 3.8) is 0 Å². The number of urea groups is 1. The van der Waals surface area contributed by atoms with Crippen LogP contribution in [0.25, 0.3) is 0 Å². The second-order valence-electron chi connectivity index (χ2n) is 13.3. The highest BCUT2D eigenvalue weighted by atomic mass is 16.5. The molecule has 1 spiro atoms. The molecule has 45 heavy (non-hydrogen) atoms. The van der Waals surface area contributed by atoms with Crippen molar-refractivity contribution < 1.29 is 24.6 Å². The van der Waals surface area contributed by atoms with Crippen molar-refractivity contribution in [2.24, 2.45) is 26.9 Å². The number of anilines is 1. The van der Waals surface area contributed by atoms with Gasteiger partial charge in [0.1, 0.15) is 18.6 Å². The van der Waals surface area contributed by atoms with Crippen LogP contribution in [0.2, 0.25) is 0 Å². The second-order valence-corrected chi connectivity index (χ2v) is 13.3. The van der Waals surface area contributed by atoms with Gasteiger partial charge in [0.05, 0.1) is 12.6 Å². The fourth-order valence-electron chi connectivity index (χ4n) is 7.52. The van der Waals surface area contributed by atoms with Crippen LogP contribution in [-0.4, -0.2) is 99.0 Å². The van der Waals surface area contributed by atoms with Gasteiger partial charge in [0.15, 0.2) is 17.6 Å². The number of nitrogens with one attached hydrogen (secondary N) is 2. The number of imide groups is 1. The van der Waals surface area contributed by atoms with Gasteiger partial charge in [-0.15, -0.1) is 0 Å². The highest BCUT2D eigenvalue weighted by Crippen LogP contribution is 2.45. The first-order valence-corrected chi connectivity index (χ1v) is 15.1. The number of amides is 4. The Morgan fingerprint density at radius 3 is 2.60 bits per heavy atom. The van der Waals surface area contributed by atoms with Crippen LogP contribution in [0.1, 0.15) is 41.8 Å². The maximum absolute atomic E-state index is 13.8. The fourth-order valence-corrected chi connectivity index (χ4v) is 7.52. The SMILES string of the molecule is CC1(C)CCc2cccc(C(=O)NC3CN4C(N)=N[C@@H](CN5C(=O)CN(c6ccccc6)C5=O)[C@@H]5N=C(N)NC54C3(O)O)c2C1. The van der Waals surface area contributed by atoms with Gasteiger partial charge in [0.25, 0.3) is 11.8 Å². The number of nitrogens with zero attached hydrogens (tertiary/aromatic N) is 5. The standard InChI is InChI=1S/C31H37N9O5/c1-29(2)12-11-17-7-6-10-19(20(17)13-29)25(42)35-22-15-40-27(33)34-21(24-30(40,31(22,44)45)37-26(32)36-24)14-39-23(41)16-38(28(39)43)18-8-4-3-5-9-18/h3-10,21-22,24,44-45H,11-16H2,1-2H3,(H2,33,34)(H,35,42)(H3,32,36,37)/t21-,22?,24-,30?/m0/s1. The van der Waals surface area contributed by atoms with Crippen LogP contribution in [0, 0.1) is 5.41 Å².